The summed E-state index contributed by atoms with van der Waals surface area (Å²) in [6.07, 6.45) is 2.29. The average molecular weight is 130 g/mol. The van der Waals surface area contributed by atoms with E-state index in [0.29, 0.717) is 6.04 Å². The third kappa shape index (κ3) is 5.80. The maximum Gasteiger partial charge on any atom is 0.00361 e. The summed E-state index contributed by atoms with van der Waals surface area (Å²) in [5.74, 6) is 0. The van der Waals surface area contributed by atoms with Crippen LogP contribution in [0.5, 0.6) is 0 Å². The normalized spacial score (nSPS) is 13.7. The van der Waals surface area contributed by atoms with Gasteiger partial charge in [-0.2, -0.15) is 0 Å². The summed E-state index contributed by atoms with van der Waals surface area (Å²) in [6.45, 7) is 6.23. The second-order valence-corrected chi connectivity index (χ2v) is 2.41. The van der Waals surface area contributed by atoms with Gasteiger partial charge in [-0.05, 0) is 32.9 Å². The van der Waals surface area contributed by atoms with Crippen LogP contribution < -0.4 is 11.1 Å². The maximum absolute atomic E-state index is 5.32. The Morgan fingerprint density at radius 1 is 1.56 bits per heavy atom. The maximum atomic E-state index is 5.32. The summed E-state index contributed by atoms with van der Waals surface area (Å²) in [6, 6.07) is 0.650. The standard InChI is InChI=1S/C7H18N2/c1-3-7(2)9-6-4-5-8/h7,9H,3-6,8H2,1-2H3/t7-/m0/s1. The first kappa shape index (κ1) is 8.92. The van der Waals surface area contributed by atoms with Gasteiger partial charge in [0.05, 0.1) is 0 Å². The molecule has 0 radical (unpaired) electrons. The third-order valence-electron chi connectivity index (χ3n) is 1.49. The van der Waals surface area contributed by atoms with Crippen LogP contribution in [0.2, 0.25) is 0 Å². The van der Waals surface area contributed by atoms with E-state index in [4.69, 9.17) is 5.73 Å². The molecule has 0 bridgehead atoms. The number of hydrogen-bond acceptors (Lipinski definition) is 2. The molecule has 0 amide bonds. The molecule has 0 spiro atoms. The first-order valence-corrected chi connectivity index (χ1v) is 3.74. The molecule has 0 saturated carbocycles. The van der Waals surface area contributed by atoms with Crippen molar-refractivity contribution in [1.29, 1.82) is 0 Å². The Kier molecular flexibility index (Phi) is 5.99. The van der Waals surface area contributed by atoms with Gasteiger partial charge in [-0.15, -0.1) is 0 Å². The quantitative estimate of drug-likeness (QED) is 0.538. The van der Waals surface area contributed by atoms with Crippen LogP contribution in [0.15, 0.2) is 0 Å². The van der Waals surface area contributed by atoms with Gasteiger partial charge in [0.15, 0.2) is 0 Å². The number of nitrogens with one attached hydrogen (secondary N) is 1. The average Bonchev–Trinajstić information content (AvgIpc) is 1.89. The van der Waals surface area contributed by atoms with E-state index >= 15 is 0 Å². The topological polar surface area (TPSA) is 38.0 Å². The van der Waals surface area contributed by atoms with E-state index in [2.05, 4.69) is 19.2 Å². The second-order valence-electron chi connectivity index (χ2n) is 2.41. The van der Waals surface area contributed by atoms with Gasteiger partial charge < -0.3 is 11.1 Å². The van der Waals surface area contributed by atoms with Crippen LogP contribution in [0, 0.1) is 0 Å². The van der Waals surface area contributed by atoms with Gasteiger partial charge in [0, 0.05) is 6.04 Å². The molecule has 0 aromatic heterocycles. The molecule has 3 N–H and O–H groups in total. The molecule has 0 aliphatic heterocycles. The molecule has 0 aromatic rings. The highest BCUT2D eigenvalue weighted by Crippen LogP contribution is 1.86. The van der Waals surface area contributed by atoms with Crippen molar-refractivity contribution in [3.63, 3.8) is 0 Å². The minimum absolute atomic E-state index is 0.650. The molecule has 9 heavy (non-hydrogen) atoms. The molecule has 0 unspecified atom stereocenters. The van der Waals surface area contributed by atoms with Gasteiger partial charge in [0.2, 0.25) is 0 Å². The van der Waals surface area contributed by atoms with Gasteiger partial charge in [0.25, 0.3) is 0 Å². The van der Waals surface area contributed by atoms with Crippen LogP contribution in [0.3, 0.4) is 0 Å². The van der Waals surface area contributed by atoms with Gasteiger partial charge in [-0.1, -0.05) is 6.92 Å². The van der Waals surface area contributed by atoms with Crippen molar-refractivity contribution in [1.82, 2.24) is 5.32 Å². The lowest BCUT2D eigenvalue weighted by Gasteiger charge is -2.09. The predicted octanol–water partition coefficient (Wildman–Crippen LogP) is 0.723. The molecule has 0 aliphatic rings. The number of hydrogen-bond donors (Lipinski definition) is 2. The lowest BCUT2D eigenvalue weighted by atomic mass is 10.2. The zero-order valence-corrected chi connectivity index (χ0v) is 6.48. The van der Waals surface area contributed by atoms with Gasteiger partial charge in [-0.25, -0.2) is 0 Å². The highest BCUT2D eigenvalue weighted by Gasteiger charge is 1.93. The molecule has 56 valence electrons. The van der Waals surface area contributed by atoms with E-state index < -0.39 is 0 Å². The Bertz CT molecular complexity index is 54.9. The first-order chi connectivity index (χ1) is 4.31. The fourth-order valence-corrected chi connectivity index (χ4v) is 0.595. The zero-order valence-electron chi connectivity index (χ0n) is 6.48. The summed E-state index contributed by atoms with van der Waals surface area (Å²) in [7, 11) is 0. The van der Waals surface area contributed by atoms with E-state index in [-0.39, 0.29) is 0 Å². The fraction of sp³-hybridized carbons (Fsp3) is 1.00. The SMILES string of the molecule is CC[C@H](C)NCCCN. The summed E-state index contributed by atoms with van der Waals surface area (Å²) in [4.78, 5) is 0. The van der Waals surface area contributed by atoms with Crippen LogP contribution in [-0.4, -0.2) is 19.1 Å². The third-order valence-corrected chi connectivity index (χ3v) is 1.49. The van der Waals surface area contributed by atoms with Crippen molar-refractivity contribution in [3.05, 3.63) is 0 Å². The van der Waals surface area contributed by atoms with Gasteiger partial charge in [-0.3, -0.25) is 0 Å². The van der Waals surface area contributed by atoms with Gasteiger partial charge >= 0.3 is 0 Å². The first-order valence-electron chi connectivity index (χ1n) is 3.74. The van der Waals surface area contributed by atoms with Crippen molar-refractivity contribution in [2.75, 3.05) is 13.1 Å². The summed E-state index contributed by atoms with van der Waals surface area (Å²) < 4.78 is 0. The molecule has 0 aliphatic carbocycles. The van der Waals surface area contributed by atoms with Crippen LogP contribution in [0.1, 0.15) is 26.7 Å². The number of nitrogens with two attached hydrogens (primary N) is 1. The summed E-state index contributed by atoms with van der Waals surface area (Å²) in [5.41, 5.74) is 5.32. The van der Waals surface area contributed by atoms with Crippen molar-refractivity contribution in [2.24, 2.45) is 5.73 Å². The summed E-state index contributed by atoms with van der Waals surface area (Å²) in [5, 5.41) is 3.35. The molecule has 0 heterocycles. The van der Waals surface area contributed by atoms with Crippen LogP contribution in [0.4, 0.5) is 0 Å². The molecule has 2 heteroatoms. The molecule has 0 aromatic carbocycles. The van der Waals surface area contributed by atoms with Gasteiger partial charge in [0.1, 0.15) is 0 Å². The molecule has 2 nitrogen and oxygen atoms in total. The monoisotopic (exact) mass is 130 g/mol. The Hall–Kier alpha value is -0.0800. The lowest BCUT2D eigenvalue weighted by molar-refractivity contribution is 0.527. The van der Waals surface area contributed by atoms with Crippen molar-refractivity contribution in [2.45, 2.75) is 32.7 Å². The van der Waals surface area contributed by atoms with E-state index in [1.165, 1.54) is 6.42 Å². The Balaban J connectivity index is 2.88. The van der Waals surface area contributed by atoms with Crippen LogP contribution in [0.25, 0.3) is 0 Å². The van der Waals surface area contributed by atoms with E-state index in [1.807, 2.05) is 0 Å². The van der Waals surface area contributed by atoms with Crippen molar-refractivity contribution < 1.29 is 0 Å². The lowest BCUT2D eigenvalue weighted by Crippen LogP contribution is -2.27. The molecule has 0 saturated heterocycles. The molecule has 1 atom stereocenters. The molecular formula is C7H18N2. The Labute approximate surface area is 57.8 Å². The predicted molar refractivity (Wildman–Crippen MR) is 41.4 cm³/mol. The van der Waals surface area contributed by atoms with Crippen molar-refractivity contribution >= 4 is 0 Å². The summed E-state index contributed by atoms with van der Waals surface area (Å²) >= 11 is 0. The molecule has 0 rings (SSSR count). The largest absolute Gasteiger partial charge is 0.330 e. The zero-order chi connectivity index (χ0) is 7.11. The minimum Gasteiger partial charge on any atom is -0.330 e. The number of rotatable bonds is 5. The van der Waals surface area contributed by atoms with E-state index in [9.17, 15) is 0 Å². The second kappa shape index (κ2) is 6.05. The molecule has 0 fully saturated rings. The van der Waals surface area contributed by atoms with E-state index in [1.54, 1.807) is 0 Å². The van der Waals surface area contributed by atoms with E-state index in [0.717, 1.165) is 19.5 Å². The smallest absolute Gasteiger partial charge is 0.00361 e. The van der Waals surface area contributed by atoms with Crippen LogP contribution >= 0.6 is 0 Å². The van der Waals surface area contributed by atoms with Crippen molar-refractivity contribution in [3.8, 4) is 0 Å². The fourth-order valence-electron chi connectivity index (χ4n) is 0.595. The highest BCUT2D eigenvalue weighted by atomic mass is 14.9. The Morgan fingerprint density at radius 3 is 2.67 bits per heavy atom. The van der Waals surface area contributed by atoms with Crippen LogP contribution in [-0.2, 0) is 0 Å². The highest BCUT2D eigenvalue weighted by molar-refractivity contribution is 4.56. The minimum atomic E-state index is 0.650. The molecular weight excluding hydrogens is 112 g/mol. The Morgan fingerprint density at radius 2 is 2.22 bits per heavy atom.